The molecule has 7 nitrogen and oxygen atoms in total. The summed E-state index contributed by atoms with van der Waals surface area (Å²) in [5, 5.41) is 5.89. The molecule has 0 unspecified atom stereocenters. The van der Waals surface area contributed by atoms with Crippen molar-refractivity contribution >= 4 is 27.3 Å². The zero-order valence-electron chi connectivity index (χ0n) is 16.8. The smallest absolute Gasteiger partial charge is 0.243 e. The first kappa shape index (κ1) is 21.3. The van der Waals surface area contributed by atoms with E-state index in [1.54, 1.807) is 12.1 Å². The van der Waals surface area contributed by atoms with Crippen molar-refractivity contribution in [3.63, 3.8) is 0 Å². The number of carbonyl (C=O) groups is 1. The molecular formula is C21H27N3O4S. The molecule has 3 rings (SSSR count). The van der Waals surface area contributed by atoms with E-state index in [9.17, 15) is 13.2 Å². The topological polar surface area (TPSA) is 87.7 Å². The molecule has 0 bridgehead atoms. The Balaban J connectivity index is 1.66. The predicted molar refractivity (Wildman–Crippen MR) is 114 cm³/mol. The lowest BCUT2D eigenvalue weighted by Crippen LogP contribution is -2.40. The number of anilines is 2. The molecule has 8 heteroatoms. The number of hydrogen-bond acceptors (Lipinski definition) is 5. The van der Waals surface area contributed by atoms with Gasteiger partial charge < -0.3 is 15.4 Å². The molecule has 1 aliphatic heterocycles. The molecule has 0 aliphatic carbocycles. The average Bonchev–Trinajstić information content (AvgIpc) is 2.74. The predicted octanol–water partition coefficient (Wildman–Crippen LogP) is 2.63. The maximum Gasteiger partial charge on any atom is 0.243 e. The molecule has 0 spiro atoms. The van der Waals surface area contributed by atoms with Crippen molar-refractivity contribution in [2.24, 2.45) is 0 Å². The number of nitrogens with one attached hydrogen (secondary N) is 2. The van der Waals surface area contributed by atoms with Gasteiger partial charge in [0.25, 0.3) is 0 Å². The van der Waals surface area contributed by atoms with E-state index in [-0.39, 0.29) is 17.3 Å². The lowest BCUT2D eigenvalue weighted by Gasteiger charge is -2.26. The van der Waals surface area contributed by atoms with E-state index in [0.29, 0.717) is 32.0 Å². The summed E-state index contributed by atoms with van der Waals surface area (Å²) in [5.74, 6) is -0.242. The summed E-state index contributed by atoms with van der Waals surface area (Å²) in [6.07, 6.45) is 0.962. The van der Waals surface area contributed by atoms with Crippen molar-refractivity contribution in [3.05, 3.63) is 53.6 Å². The number of morpholine rings is 1. The molecule has 0 radical (unpaired) electrons. The third-order valence-corrected chi connectivity index (χ3v) is 6.80. The summed E-state index contributed by atoms with van der Waals surface area (Å²) in [4.78, 5) is 12.5. The molecule has 2 aromatic carbocycles. The molecule has 29 heavy (non-hydrogen) atoms. The fraction of sp³-hybridized carbons (Fsp3) is 0.381. The maximum absolute atomic E-state index is 12.8. The number of nitrogens with zero attached hydrogens (tertiary/aromatic N) is 1. The van der Waals surface area contributed by atoms with Crippen LogP contribution in [0.3, 0.4) is 0 Å². The van der Waals surface area contributed by atoms with Crippen molar-refractivity contribution in [1.29, 1.82) is 0 Å². The van der Waals surface area contributed by atoms with Crippen LogP contribution in [0.4, 0.5) is 11.4 Å². The van der Waals surface area contributed by atoms with Crippen LogP contribution in [-0.4, -0.2) is 51.5 Å². The van der Waals surface area contributed by atoms with Gasteiger partial charge in [0.1, 0.15) is 0 Å². The first-order chi connectivity index (χ1) is 13.9. The zero-order valence-corrected chi connectivity index (χ0v) is 17.6. The molecule has 1 saturated heterocycles. The molecule has 0 atom stereocenters. The minimum Gasteiger partial charge on any atom is -0.379 e. The summed E-state index contributed by atoms with van der Waals surface area (Å²) in [6, 6.07) is 12.7. The van der Waals surface area contributed by atoms with Gasteiger partial charge in [0, 0.05) is 24.5 Å². The van der Waals surface area contributed by atoms with Gasteiger partial charge in [-0.15, -0.1) is 0 Å². The molecule has 1 aliphatic rings. The largest absolute Gasteiger partial charge is 0.379 e. The minimum atomic E-state index is -3.61. The lowest BCUT2D eigenvalue weighted by molar-refractivity contribution is -0.114. The number of benzene rings is 2. The number of sulfonamides is 1. The van der Waals surface area contributed by atoms with Crippen molar-refractivity contribution in [2.75, 3.05) is 43.5 Å². The van der Waals surface area contributed by atoms with Gasteiger partial charge >= 0.3 is 0 Å². The SMILES string of the molecule is CCc1ccc(NCC(=O)Nc2cc(S(=O)(=O)N3CCOCC3)ccc2C)cc1. The molecule has 1 heterocycles. The summed E-state index contributed by atoms with van der Waals surface area (Å²) in [7, 11) is -3.61. The Labute approximate surface area is 172 Å². The van der Waals surface area contributed by atoms with E-state index < -0.39 is 10.0 Å². The van der Waals surface area contributed by atoms with E-state index in [1.165, 1.54) is 15.9 Å². The van der Waals surface area contributed by atoms with Crippen LogP contribution >= 0.6 is 0 Å². The van der Waals surface area contributed by atoms with Crippen molar-refractivity contribution < 1.29 is 17.9 Å². The van der Waals surface area contributed by atoms with E-state index in [2.05, 4.69) is 17.6 Å². The van der Waals surface area contributed by atoms with E-state index in [4.69, 9.17) is 4.74 Å². The highest BCUT2D eigenvalue weighted by atomic mass is 32.2. The fourth-order valence-corrected chi connectivity index (χ4v) is 4.50. The van der Waals surface area contributed by atoms with Crippen molar-refractivity contribution in [3.8, 4) is 0 Å². The molecule has 2 aromatic rings. The number of rotatable bonds is 7. The normalized spacial score (nSPS) is 15.1. The third kappa shape index (κ3) is 5.35. The Hall–Kier alpha value is -2.42. The lowest BCUT2D eigenvalue weighted by atomic mass is 10.1. The first-order valence-electron chi connectivity index (χ1n) is 9.71. The summed E-state index contributed by atoms with van der Waals surface area (Å²) < 4.78 is 32.3. The summed E-state index contributed by atoms with van der Waals surface area (Å²) >= 11 is 0. The van der Waals surface area contributed by atoms with Gasteiger partial charge in [-0.05, 0) is 48.7 Å². The van der Waals surface area contributed by atoms with E-state index in [1.807, 2.05) is 31.2 Å². The standard InChI is InChI=1S/C21H27N3O4S/c1-3-17-5-7-18(8-6-17)22-15-21(25)23-20-14-19(9-4-16(20)2)29(26,27)24-10-12-28-13-11-24/h4-9,14,22H,3,10-13,15H2,1-2H3,(H,23,25). The number of hydrogen-bond donors (Lipinski definition) is 2. The number of amides is 1. The molecular weight excluding hydrogens is 390 g/mol. The highest BCUT2D eigenvalue weighted by molar-refractivity contribution is 7.89. The van der Waals surface area contributed by atoms with Gasteiger partial charge in [0.2, 0.25) is 15.9 Å². The van der Waals surface area contributed by atoms with Gasteiger partial charge in [-0.25, -0.2) is 8.42 Å². The number of ether oxygens (including phenoxy) is 1. The number of carbonyl (C=O) groups excluding carboxylic acids is 1. The van der Waals surface area contributed by atoms with Crippen LogP contribution in [0.15, 0.2) is 47.4 Å². The van der Waals surface area contributed by atoms with Gasteiger partial charge in [0.15, 0.2) is 0 Å². The average molecular weight is 418 g/mol. The van der Waals surface area contributed by atoms with Crippen LogP contribution in [0.5, 0.6) is 0 Å². The summed E-state index contributed by atoms with van der Waals surface area (Å²) in [6.45, 7) is 5.45. The van der Waals surface area contributed by atoms with Crippen molar-refractivity contribution in [2.45, 2.75) is 25.2 Å². The Morgan fingerprint density at radius 2 is 1.79 bits per heavy atom. The Morgan fingerprint density at radius 1 is 1.10 bits per heavy atom. The minimum absolute atomic E-state index is 0.0886. The maximum atomic E-state index is 12.8. The quantitative estimate of drug-likeness (QED) is 0.723. The molecule has 0 saturated carbocycles. The summed E-state index contributed by atoms with van der Waals surface area (Å²) in [5.41, 5.74) is 3.38. The monoisotopic (exact) mass is 417 g/mol. The van der Waals surface area contributed by atoms with Crippen LogP contribution in [0.25, 0.3) is 0 Å². The molecule has 1 fully saturated rings. The number of aryl methyl sites for hydroxylation is 2. The van der Waals surface area contributed by atoms with Gasteiger partial charge in [0.05, 0.1) is 24.7 Å². The van der Waals surface area contributed by atoms with Gasteiger partial charge in [-0.1, -0.05) is 25.1 Å². The van der Waals surface area contributed by atoms with Crippen LogP contribution in [0.1, 0.15) is 18.1 Å². The second-order valence-electron chi connectivity index (χ2n) is 6.95. The molecule has 1 amide bonds. The highest BCUT2D eigenvalue weighted by Crippen LogP contribution is 2.23. The van der Waals surface area contributed by atoms with Crippen LogP contribution in [0, 0.1) is 6.92 Å². The Bertz CT molecular complexity index is 952. The molecule has 156 valence electrons. The molecule has 2 N–H and O–H groups in total. The van der Waals surface area contributed by atoms with Crippen LogP contribution in [0.2, 0.25) is 0 Å². The zero-order chi connectivity index (χ0) is 20.9. The van der Waals surface area contributed by atoms with Crippen LogP contribution in [-0.2, 0) is 26.0 Å². The third-order valence-electron chi connectivity index (χ3n) is 4.91. The second-order valence-corrected chi connectivity index (χ2v) is 8.88. The molecule has 0 aromatic heterocycles. The van der Waals surface area contributed by atoms with Crippen LogP contribution < -0.4 is 10.6 Å². The van der Waals surface area contributed by atoms with Gasteiger partial charge in [-0.2, -0.15) is 4.31 Å². The van der Waals surface area contributed by atoms with E-state index >= 15 is 0 Å². The van der Waals surface area contributed by atoms with E-state index in [0.717, 1.165) is 17.7 Å². The second kappa shape index (κ2) is 9.39. The Morgan fingerprint density at radius 3 is 2.45 bits per heavy atom. The highest BCUT2D eigenvalue weighted by Gasteiger charge is 2.26. The first-order valence-corrected chi connectivity index (χ1v) is 11.2. The Kier molecular flexibility index (Phi) is 6.89. The van der Waals surface area contributed by atoms with Crippen molar-refractivity contribution in [1.82, 2.24) is 4.31 Å². The fourth-order valence-electron chi connectivity index (χ4n) is 3.07. The van der Waals surface area contributed by atoms with Gasteiger partial charge in [-0.3, -0.25) is 4.79 Å².